The number of carbonyl (C=O) groups excluding carboxylic acids is 1. The molecule has 2 N–H and O–H groups in total. The number of carbonyl (C=O) groups is 2. The zero-order chi connectivity index (χ0) is 23.3. The average Bonchev–Trinajstić information content (AvgIpc) is 3.10. The molecule has 1 fully saturated rings. The molecule has 1 saturated heterocycles. The van der Waals surface area contributed by atoms with E-state index in [-0.39, 0.29) is 60.7 Å². The highest BCUT2D eigenvalue weighted by atomic mass is 35.5. The highest BCUT2D eigenvalue weighted by Gasteiger charge is 2.30. The number of aromatic nitrogens is 2. The van der Waals surface area contributed by atoms with Gasteiger partial charge in [0.2, 0.25) is 0 Å². The number of amides is 2. The second-order valence-electron chi connectivity index (χ2n) is 8.02. The third-order valence-corrected chi connectivity index (χ3v) is 6.02. The van der Waals surface area contributed by atoms with Crippen LogP contribution in [0.4, 0.5) is 14.9 Å². The molecule has 0 radical (unpaired) electrons. The molecule has 0 bridgehead atoms. The van der Waals surface area contributed by atoms with Crippen LogP contribution in [0.1, 0.15) is 5.56 Å². The number of ether oxygens (including phenoxy) is 2. The lowest BCUT2D eigenvalue weighted by Gasteiger charge is -2.31. The van der Waals surface area contributed by atoms with E-state index in [2.05, 4.69) is 10.3 Å². The second-order valence-corrected chi connectivity index (χ2v) is 8.43. The Hall–Kier alpha value is -3.37. The molecule has 11 heteroatoms. The summed E-state index contributed by atoms with van der Waals surface area (Å²) >= 11 is 6.47. The number of anilines is 1. The second kappa shape index (κ2) is 8.20. The third kappa shape index (κ3) is 3.85. The van der Waals surface area contributed by atoms with Crippen LogP contribution in [-0.4, -0.2) is 64.0 Å². The van der Waals surface area contributed by atoms with Crippen LogP contribution >= 0.6 is 11.6 Å². The number of nitrogens with zero attached hydrogens (tertiary/aromatic N) is 3. The number of hydrogen-bond acceptors (Lipinski definition) is 5. The highest BCUT2D eigenvalue weighted by molar-refractivity contribution is 6.33. The van der Waals surface area contributed by atoms with Crippen molar-refractivity contribution in [3.8, 4) is 17.1 Å². The van der Waals surface area contributed by atoms with Crippen LogP contribution in [0.25, 0.3) is 22.4 Å². The van der Waals surface area contributed by atoms with Crippen molar-refractivity contribution in [2.45, 2.75) is 19.6 Å². The summed E-state index contributed by atoms with van der Waals surface area (Å²) in [5.74, 6) is -0.972. The maximum absolute atomic E-state index is 15.6. The first-order valence-electron chi connectivity index (χ1n) is 10.3. The SMILES string of the molecule is Cc1ccc2c(c1)nc(-c1c(Cl)cc3c(c1F)OCC(=O)N3)n2C[C@H]1CN(C(=O)O)CCO1. The van der Waals surface area contributed by atoms with Crippen LogP contribution in [0, 0.1) is 12.7 Å². The van der Waals surface area contributed by atoms with Crippen molar-refractivity contribution < 1.29 is 28.6 Å². The molecule has 9 nitrogen and oxygen atoms in total. The van der Waals surface area contributed by atoms with Gasteiger partial charge in [-0.15, -0.1) is 0 Å². The molecular weight excluding hydrogens is 455 g/mol. The molecule has 0 saturated carbocycles. The van der Waals surface area contributed by atoms with E-state index in [9.17, 15) is 14.7 Å². The van der Waals surface area contributed by atoms with Crippen LogP contribution in [0.3, 0.4) is 0 Å². The number of halogens is 2. The number of morpholine rings is 1. The zero-order valence-electron chi connectivity index (χ0n) is 17.6. The summed E-state index contributed by atoms with van der Waals surface area (Å²) in [5, 5.41) is 12.0. The number of carboxylic acid groups (broad SMARTS) is 1. The Morgan fingerprint density at radius 3 is 3.00 bits per heavy atom. The van der Waals surface area contributed by atoms with E-state index in [1.165, 1.54) is 11.0 Å². The molecule has 5 rings (SSSR count). The fourth-order valence-electron chi connectivity index (χ4n) is 4.19. The number of rotatable bonds is 3. The van der Waals surface area contributed by atoms with E-state index < -0.39 is 23.9 Å². The Morgan fingerprint density at radius 2 is 2.21 bits per heavy atom. The van der Waals surface area contributed by atoms with Gasteiger partial charge in [0, 0.05) is 6.54 Å². The van der Waals surface area contributed by atoms with Gasteiger partial charge < -0.3 is 29.4 Å². The first kappa shape index (κ1) is 21.5. The summed E-state index contributed by atoms with van der Waals surface area (Å²) in [7, 11) is 0. The summed E-state index contributed by atoms with van der Waals surface area (Å²) in [6.45, 7) is 2.59. The van der Waals surface area contributed by atoms with Crippen molar-refractivity contribution >= 4 is 40.3 Å². The predicted octanol–water partition coefficient (Wildman–Crippen LogP) is 3.51. The molecule has 2 aliphatic rings. The molecule has 0 aliphatic carbocycles. The molecule has 2 aliphatic heterocycles. The Kier molecular flexibility index (Phi) is 5.34. The van der Waals surface area contributed by atoms with Gasteiger partial charge in [0.05, 0.1) is 53.1 Å². The van der Waals surface area contributed by atoms with E-state index in [4.69, 9.17) is 21.1 Å². The van der Waals surface area contributed by atoms with Gasteiger partial charge in [-0.05, 0) is 30.7 Å². The number of nitrogens with one attached hydrogen (secondary N) is 1. The van der Waals surface area contributed by atoms with Crippen LogP contribution in [0.15, 0.2) is 24.3 Å². The van der Waals surface area contributed by atoms with E-state index in [1.807, 2.05) is 25.1 Å². The lowest BCUT2D eigenvalue weighted by atomic mass is 10.1. The van der Waals surface area contributed by atoms with Crippen molar-refractivity contribution in [2.75, 3.05) is 31.6 Å². The lowest BCUT2D eigenvalue weighted by Crippen LogP contribution is -2.46. The minimum atomic E-state index is -1.02. The molecule has 0 unspecified atom stereocenters. The lowest BCUT2D eigenvalue weighted by molar-refractivity contribution is -0.118. The van der Waals surface area contributed by atoms with Gasteiger partial charge in [-0.1, -0.05) is 17.7 Å². The van der Waals surface area contributed by atoms with Gasteiger partial charge in [0.25, 0.3) is 5.91 Å². The van der Waals surface area contributed by atoms with Gasteiger partial charge in [-0.2, -0.15) is 0 Å². The zero-order valence-corrected chi connectivity index (χ0v) is 18.4. The summed E-state index contributed by atoms with van der Waals surface area (Å²) in [6, 6.07) is 7.10. The number of imidazole rings is 1. The Bertz CT molecular complexity index is 1290. The molecule has 33 heavy (non-hydrogen) atoms. The quantitative estimate of drug-likeness (QED) is 0.601. The molecule has 3 heterocycles. The largest absolute Gasteiger partial charge is 0.478 e. The summed E-state index contributed by atoms with van der Waals surface area (Å²) < 4.78 is 28.5. The molecule has 3 aromatic rings. The Balaban J connectivity index is 1.63. The van der Waals surface area contributed by atoms with Crippen molar-refractivity contribution in [3.63, 3.8) is 0 Å². The van der Waals surface area contributed by atoms with Gasteiger partial charge in [-0.3, -0.25) is 4.79 Å². The van der Waals surface area contributed by atoms with Crippen molar-refractivity contribution in [3.05, 3.63) is 40.7 Å². The third-order valence-electron chi connectivity index (χ3n) is 5.72. The van der Waals surface area contributed by atoms with E-state index in [0.717, 1.165) is 11.1 Å². The average molecular weight is 475 g/mol. The maximum Gasteiger partial charge on any atom is 0.407 e. The first-order valence-corrected chi connectivity index (χ1v) is 10.7. The van der Waals surface area contributed by atoms with Gasteiger partial charge in [0.15, 0.2) is 18.2 Å². The molecule has 1 atom stereocenters. The van der Waals surface area contributed by atoms with Gasteiger partial charge in [0.1, 0.15) is 5.82 Å². The number of hydrogen-bond donors (Lipinski definition) is 2. The van der Waals surface area contributed by atoms with Crippen LogP contribution in [0.5, 0.6) is 5.75 Å². The summed E-state index contributed by atoms with van der Waals surface area (Å²) in [6.07, 6.45) is -1.47. The van der Waals surface area contributed by atoms with E-state index >= 15 is 4.39 Å². The van der Waals surface area contributed by atoms with Crippen molar-refractivity contribution in [1.29, 1.82) is 0 Å². The predicted molar refractivity (Wildman–Crippen MR) is 118 cm³/mol. The topological polar surface area (TPSA) is 106 Å². The molecule has 172 valence electrons. The van der Waals surface area contributed by atoms with Crippen LogP contribution < -0.4 is 10.1 Å². The fourth-order valence-corrected chi connectivity index (χ4v) is 4.46. The summed E-state index contributed by atoms with van der Waals surface area (Å²) in [5.41, 5.74) is 2.54. The fraction of sp³-hybridized carbons (Fsp3) is 0.318. The molecular formula is C22H20ClFN4O5. The molecule has 2 aromatic carbocycles. The maximum atomic E-state index is 15.6. The van der Waals surface area contributed by atoms with Crippen molar-refractivity contribution in [1.82, 2.24) is 14.5 Å². The standard InChI is InChI=1S/C22H20ClFN4O5/c1-11-2-3-16-14(6-11)26-21(28(16)9-12-8-27(22(30)31)4-5-32-12)18-13(23)7-15-20(19(18)24)33-10-17(29)25-15/h2-3,6-7,12H,4-5,8-10H2,1H3,(H,25,29)(H,30,31)/t12-/m1/s1. The van der Waals surface area contributed by atoms with Crippen LogP contribution in [0.2, 0.25) is 5.02 Å². The summed E-state index contributed by atoms with van der Waals surface area (Å²) in [4.78, 5) is 29.0. The minimum Gasteiger partial charge on any atom is -0.478 e. The number of benzene rings is 2. The number of aryl methyl sites for hydroxylation is 1. The van der Waals surface area contributed by atoms with Crippen molar-refractivity contribution in [2.24, 2.45) is 0 Å². The van der Waals surface area contributed by atoms with Crippen LogP contribution in [-0.2, 0) is 16.1 Å². The Morgan fingerprint density at radius 1 is 1.39 bits per heavy atom. The number of fused-ring (bicyclic) bond motifs is 2. The van der Waals surface area contributed by atoms with Gasteiger partial charge >= 0.3 is 6.09 Å². The molecule has 1 aromatic heterocycles. The monoisotopic (exact) mass is 474 g/mol. The molecule has 2 amide bonds. The van der Waals surface area contributed by atoms with E-state index in [1.54, 1.807) is 4.57 Å². The van der Waals surface area contributed by atoms with E-state index in [0.29, 0.717) is 5.52 Å². The first-order chi connectivity index (χ1) is 15.8. The van der Waals surface area contributed by atoms with Gasteiger partial charge in [-0.25, -0.2) is 14.2 Å². The smallest absolute Gasteiger partial charge is 0.407 e. The molecule has 0 spiro atoms. The normalized spacial score (nSPS) is 18.1. The Labute approximate surface area is 192 Å². The minimum absolute atomic E-state index is 0.0336. The highest BCUT2D eigenvalue weighted by Crippen LogP contribution is 2.42.